The van der Waals surface area contributed by atoms with Gasteiger partial charge in [0.1, 0.15) is 5.69 Å². The average molecular weight is 271 g/mol. The van der Waals surface area contributed by atoms with Gasteiger partial charge < -0.3 is 10.3 Å². The molecule has 2 aromatic heterocycles. The molecule has 2 rings (SSSR count). The maximum atomic E-state index is 12.0. The molecule has 0 fully saturated rings. The van der Waals surface area contributed by atoms with Crippen LogP contribution in [-0.2, 0) is 0 Å². The Bertz CT molecular complexity index is 659. The van der Waals surface area contributed by atoms with Crippen LogP contribution < -0.4 is 10.9 Å². The molecule has 0 aliphatic heterocycles. The molecule has 4 heteroatoms. The Labute approximate surface area is 119 Å². The van der Waals surface area contributed by atoms with Crippen molar-refractivity contribution in [1.29, 1.82) is 0 Å². The van der Waals surface area contributed by atoms with E-state index in [0.717, 1.165) is 22.6 Å². The van der Waals surface area contributed by atoms with Crippen LogP contribution in [0.1, 0.15) is 38.1 Å². The molecule has 0 saturated carbocycles. The molecule has 20 heavy (non-hydrogen) atoms. The number of nitrogens with zero attached hydrogens (tertiary/aromatic N) is 1. The first-order chi connectivity index (χ1) is 9.52. The Kier molecular flexibility index (Phi) is 4.23. The molecule has 0 bridgehead atoms. The molecule has 0 aliphatic rings. The number of aromatic nitrogens is 2. The van der Waals surface area contributed by atoms with E-state index in [-0.39, 0.29) is 11.5 Å². The van der Waals surface area contributed by atoms with Crippen molar-refractivity contribution in [1.82, 2.24) is 9.97 Å². The minimum atomic E-state index is -0.0769. The highest BCUT2D eigenvalue weighted by atomic mass is 16.1. The van der Waals surface area contributed by atoms with Crippen LogP contribution in [-0.4, -0.2) is 16.5 Å². The molecule has 0 aromatic carbocycles. The molecule has 0 unspecified atom stereocenters. The number of aryl methyl sites for hydroxylation is 1. The molecule has 2 N–H and O–H groups in total. The summed E-state index contributed by atoms with van der Waals surface area (Å²) >= 11 is 0. The lowest BCUT2D eigenvalue weighted by molar-refractivity contribution is 0.817. The van der Waals surface area contributed by atoms with Crippen molar-refractivity contribution in [3.8, 4) is 11.3 Å². The fourth-order valence-electron chi connectivity index (χ4n) is 2.23. The van der Waals surface area contributed by atoms with Crippen LogP contribution in [0.5, 0.6) is 0 Å². The second-order valence-electron chi connectivity index (χ2n) is 5.19. The van der Waals surface area contributed by atoms with Crippen LogP contribution in [0.3, 0.4) is 0 Å². The molecule has 0 atom stereocenters. The summed E-state index contributed by atoms with van der Waals surface area (Å²) in [6.45, 7) is 8.79. The number of rotatable bonds is 4. The number of aromatic amines is 1. The predicted octanol–water partition coefficient (Wildman–Crippen LogP) is 3.30. The summed E-state index contributed by atoms with van der Waals surface area (Å²) in [5.74, 6) is 0.232. The zero-order valence-corrected chi connectivity index (χ0v) is 12.4. The standard InChI is InChI=1S/C16H21N3O/c1-5-17-14-9-12(13-8-6-7-11(4)18-13)15(10(2)3)19-16(14)20/h6-10,17H,5H2,1-4H3,(H,19,20). The smallest absolute Gasteiger partial charge is 0.271 e. The summed E-state index contributed by atoms with van der Waals surface area (Å²) in [4.78, 5) is 19.6. The molecular weight excluding hydrogens is 250 g/mol. The van der Waals surface area contributed by atoms with Crippen molar-refractivity contribution in [2.75, 3.05) is 11.9 Å². The third-order valence-electron chi connectivity index (χ3n) is 3.18. The molecule has 0 spiro atoms. The van der Waals surface area contributed by atoms with Crippen LogP contribution in [0.4, 0.5) is 5.69 Å². The van der Waals surface area contributed by atoms with E-state index < -0.39 is 0 Å². The summed E-state index contributed by atoms with van der Waals surface area (Å²) in [5, 5.41) is 3.10. The lowest BCUT2D eigenvalue weighted by atomic mass is 10.00. The monoisotopic (exact) mass is 271 g/mol. The maximum absolute atomic E-state index is 12.0. The van der Waals surface area contributed by atoms with E-state index in [1.54, 1.807) is 0 Å². The van der Waals surface area contributed by atoms with Gasteiger partial charge in [0, 0.05) is 23.5 Å². The lowest BCUT2D eigenvalue weighted by Gasteiger charge is -2.14. The molecule has 0 saturated heterocycles. The first kappa shape index (κ1) is 14.3. The van der Waals surface area contributed by atoms with Gasteiger partial charge in [0.15, 0.2) is 0 Å². The van der Waals surface area contributed by atoms with Crippen LogP contribution in [0, 0.1) is 6.92 Å². The topological polar surface area (TPSA) is 57.8 Å². The molecule has 106 valence electrons. The number of hydrogen-bond donors (Lipinski definition) is 2. The average Bonchev–Trinajstić information content (AvgIpc) is 2.40. The van der Waals surface area contributed by atoms with Crippen molar-refractivity contribution < 1.29 is 0 Å². The van der Waals surface area contributed by atoms with Gasteiger partial charge in [-0.05, 0) is 38.0 Å². The van der Waals surface area contributed by atoms with Gasteiger partial charge in [0.05, 0.1) is 5.69 Å². The van der Waals surface area contributed by atoms with Crippen LogP contribution in [0.2, 0.25) is 0 Å². The zero-order valence-electron chi connectivity index (χ0n) is 12.4. The second kappa shape index (κ2) is 5.90. The maximum Gasteiger partial charge on any atom is 0.271 e. The lowest BCUT2D eigenvalue weighted by Crippen LogP contribution is -2.17. The highest BCUT2D eigenvalue weighted by Gasteiger charge is 2.14. The van der Waals surface area contributed by atoms with Crippen molar-refractivity contribution in [2.45, 2.75) is 33.6 Å². The van der Waals surface area contributed by atoms with Gasteiger partial charge in [0.2, 0.25) is 0 Å². The molecule has 0 aliphatic carbocycles. The number of hydrogen-bond acceptors (Lipinski definition) is 3. The van der Waals surface area contributed by atoms with Crippen molar-refractivity contribution in [2.24, 2.45) is 0 Å². The van der Waals surface area contributed by atoms with E-state index in [1.165, 1.54) is 0 Å². The minimum Gasteiger partial charge on any atom is -0.381 e. The molecule has 2 aromatic rings. The fraction of sp³-hybridized carbons (Fsp3) is 0.375. The Morgan fingerprint density at radius 1 is 1.35 bits per heavy atom. The van der Waals surface area contributed by atoms with Gasteiger partial charge in [-0.15, -0.1) is 0 Å². The summed E-state index contributed by atoms with van der Waals surface area (Å²) in [6.07, 6.45) is 0. The van der Waals surface area contributed by atoms with E-state index in [0.29, 0.717) is 12.2 Å². The van der Waals surface area contributed by atoms with Gasteiger partial charge >= 0.3 is 0 Å². The SMILES string of the molecule is CCNc1cc(-c2cccc(C)n2)c(C(C)C)[nH]c1=O. The Balaban J connectivity index is 2.65. The van der Waals surface area contributed by atoms with Gasteiger partial charge in [-0.3, -0.25) is 9.78 Å². The molecule has 2 heterocycles. The van der Waals surface area contributed by atoms with Crippen LogP contribution >= 0.6 is 0 Å². The highest BCUT2D eigenvalue weighted by molar-refractivity contribution is 5.67. The second-order valence-corrected chi connectivity index (χ2v) is 5.19. The van der Waals surface area contributed by atoms with E-state index in [1.807, 2.05) is 38.1 Å². The third kappa shape index (κ3) is 2.90. The zero-order chi connectivity index (χ0) is 14.7. The highest BCUT2D eigenvalue weighted by Crippen LogP contribution is 2.27. The van der Waals surface area contributed by atoms with Gasteiger partial charge in [-0.25, -0.2) is 0 Å². The predicted molar refractivity (Wildman–Crippen MR) is 83.3 cm³/mol. The number of pyridine rings is 2. The van der Waals surface area contributed by atoms with Gasteiger partial charge in [-0.2, -0.15) is 0 Å². The Hall–Kier alpha value is -2.10. The molecule has 0 radical (unpaired) electrons. The van der Waals surface area contributed by atoms with E-state index in [4.69, 9.17) is 0 Å². The van der Waals surface area contributed by atoms with E-state index in [2.05, 4.69) is 29.1 Å². The first-order valence-electron chi connectivity index (χ1n) is 6.98. The summed E-state index contributed by atoms with van der Waals surface area (Å²) in [6, 6.07) is 7.83. The number of nitrogens with one attached hydrogen (secondary N) is 2. The minimum absolute atomic E-state index is 0.0769. The van der Waals surface area contributed by atoms with Crippen molar-refractivity contribution in [3.05, 3.63) is 46.0 Å². The van der Waals surface area contributed by atoms with E-state index in [9.17, 15) is 4.79 Å². The van der Waals surface area contributed by atoms with Crippen LogP contribution in [0.15, 0.2) is 29.1 Å². The summed E-state index contributed by atoms with van der Waals surface area (Å²) in [5.41, 5.74) is 4.29. The Morgan fingerprint density at radius 3 is 2.70 bits per heavy atom. The van der Waals surface area contributed by atoms with Crippen molar-refractivity contribution in [3.63, 3.8) is 0 Å². The van der Waals surface area contributed by atoms with Crippen LogP contribution in [0.25, 0.3) is 11.3 Å². The fourth-order valence-corrected chi connectivity index (χ4v) is 2.23. The largest absolute Gasteiger partial charge is 0.381 e. The summed E-state index contributed by atoms with van der Waals surface area (Å²) in [7, 11) is 0. The molecule has 4 nitrogen and oxygen atoms in total. The quantitative estimate of drug-likeness (QED) is 0.897. The van der Waals surface area contributed by atoms with Crippen molar-refractivity contribution >= 4 is 5.69 Å². The van der Waals surface area contributed by atoms with Gasteiger partial charge in [-0.1, -0.05) is 19.9 Å². The number of H-pyrrole nitrogens is 1. The molecule has 0 amide bonds. The number of anilines is 1. The first-order valence-corrected chi connectivity index (χ1v) is 6.98. The third-order valence-corrected chi connectivity index (χ3v) is 3.18. The summed E-state index contributed by atoms with van der Waals surface area (Å²) < 4.78 is 0. The van der Waals surface area contributed by atoms with E-state index >= 15 is 0 Å². The Morgan fingerprint density at radius 2 is 2.10 bits per heavy atom. The normalized spacial score (nSPS) is 10.8. The molecular formula is C16H21N3O. The van der Waals surface area contributed by atoms with Gasteiger partial charge in [0.25, 0.3) is 5.56 Å².